The molecule has 3 heterocycles. The predicted octanol–water partition coefficient (Wildman–Crippen LogP) is 7.79. The van der Waals surface area contributed by atoms with Gasteiger partial charge in [0.05, 0.1) is 25.4 Å². The second kappa shape index (κ2) is 22.9. The Labute approximate surface area is 392 Å². The molecule has 4 aliphatic rings. The van der Waals surface area contributed by atoms with Gasteiger partial charge in [0, 0.05) is 44.7 Å². The molecule has 3 aromatic carbocycles. The van der Waals surface area contributed by atoms with E-state index in [1.165, 1.54) is 66.4 Å². The maximum absolute atomic E-state index is 12.4. The van der Waals surface area contributed by atoms with Gasteiger partial charge in [-0.3, -0.25) is 19.2 Å². The normalized spacial score (nSPS) is 17.8. The van der Waals surface area contributed by atoms with E-state index in [2.05, 4.69) is 92.4 Å². The number of rotatable bonds is 7. The van der Waals surface area contributed by atoms with Crippen LogP contribution in [0.4, 0.5) is 0 Å². The van der Waals surface area contributed by atoms with Gasteiger partial charge in [-0.2, -0.15) is 0 Å². The topological polar surface area (TPSA) is 127 Å². The van der Waals surface area contributed by atoms with Crippen molar-refractivity contribution < 1.29 is 76.6 Å². The van der Waals surface area contributed by atoms with Crippen molar-refractivity contribution in [3.8, 4) is 0 Å². The zero-order valence-electron chi connectivity index (χ0n) is 36.7. The van der Waals surface area contributed by atoms with Crippen LogP contribution in [0, 0.1) is 37.7 Å². The van der Waals surface area contributed by atoms with E-state index in [0.29, 0.717) is 0 Å². The van der Waals surface area contributed by atoms with Crippen molar-refractivity contribution in [3.05, 3.63) is 88.0 Å². The number of carboxylic acid groups (broad SMARTS) is 2. The fraction of sp³-hybridized carbons (Fsp3) is 0.542. The smallest absolute Gasteiger partial charge is 0.313 e. The summed E-state index contributed by atoms with van der Waals surface area (Å²) < 4.78 is 9.84. The van der Waals surface area contributed by atoms with Crippen LogP contribution >= 0.6 is 0 Å². The minimum atomic E-state index is -0.769. The second-order valence-electron chi connectivity index (χ2n) is 18.2. The Kier molecular flexibility index (Phi) is 20.3. The molecule has 2 unspecified atom stereocenters. The zero-order valence-corrected chi connectivity index (χ0v) is 37.4. The van der Waals surface area contributed by atoms with Gasteiger partial charge in [0.25, 0.3) is 0 Å². The van der Waals surface area contributed by atoms with Crippen molar-refractivity contribution in [3.63, 3.8) is 0 Å². The van der Waals surface area contributed by atoms with Gasteiger partial charge in [-0.1, -0.05) is 145 Å². The number of benzene rings is 3. The third kappa shape index (κ3) is 14.3. The summed E-state index contributed by atoms with van der Waals surface area (Å²) in [5, 5.41) is 17.7. The van der Waals surface area contributed by atoms with E-state index in [1.54, 1.807) is 6.92 Å². The summed E-state index contributed by atoms with van der Waals surface area (Å²) in [7, 11) is 8.09. The summed E-state index contributed by atoms with van der Waals surface area (Å²) in [6.07, 6.45) is 9.13. The standard InChI is InChI=1S/C19H26BO2.C13H16BO2.C12H14BO2.C3H6O2.CH4.Ar/c1-13(18(21)22-15-7-5-4-6-8-15)14-9-10-17-16(11-14)19(2,3)12-20-17;1-8(12(15)16)9-4-5-11-10(6-9)13(2,3)7-14-11;1-12(2)7-13-10-4-3-8(5-9(10)12)6-11(14)15;1-3(4)5-2;;/h9-11,13,15H,4-8,12H2,1-3H3;4-6,8H,7H2,1-3H3,(H,15,16);3-5H,6-7H2,1-2H3,(H,14,15);1-2H3;1H4;. The van der Waals surface area contributed by atoms with Crippen molar-refractivity contribution in [1.82, 2.24) is 0 Å². The minimum absolute atomic E-state index is 0. The Balaban J connectivity index is 0.000000294. The van der Waals surface area contributed by atoms with Crippen LogP contribution in [0.3, 0.4) is 0 Å². The molecule has 2 atom stereocenters. The van der Waals surface area contributed by atoms with E-state index in [9.17, 15) is 19.2 Å². The van der Waals surface area contributed by atoms with E-state index >= 15 is 0 Å². The van der Waals surface area contributed by atoms with Gasteiger partial charge < -0.3 is 19.7 Å². The molecule has 8 nitrogen and oxygen atoms in total. The zero-order chi connectivity index (χ0) is 43.0. The van der Waals surface area contributed by atoms with Gasteiger partial charge in [-0.15, -0.1) is 0 Å². The van der Waals surface area contributed by atoms with Gasteiger partial charge in [0.15, 0.2) is 21.8 Å². The van der Waals surface area contributed by atoms with Crippen molar-refractivity contribution >= 4 is 62.1 Å². The van der Waals surface area contributed by atoms with Crippen LogP contribution in [0.5, 0.6) is 0 Å². The number of hydrogen-bond acceptors (Lipinski definition) is 6. The Morgan fingerprint density at radius 2 is 1.08 bits per heavy atom. The Hall–Kier alpha value is -3.01. The van der Waals surface area contributed by atoms with Crippen LogP contribution in [-0.2, 0) is 51.3 Å². The molecule has 3 aromatic rings. The average Bonchev–Trinajstić information content (AvgIpc) is 3.78. The minimum Gasteiger partial charge on any atom is -0.481 e. The van der Waals surface area contributed by atoms with E-state index < -0.39 is 17.9 Å². The molecule has 12 heteroatoms. The van der Waals surface area contributed by atoms with Crippen LogP contribution in [0.25, 0.3) is 0 Å². The third-order valence-corrected chi connectivity index (χ3v) is 12.2. The van der Waals surface area contributed by atoms with Crippen molar-refractivity contribution in [2.45, 2.75) is 161 Å². The Morgan fingerprint density at radius 1 is 0.683 bits per heavy atom. The first-order valence-corrected chi connectivity index (χ1v) is 20.8. The molecule has 3 aliphatic heterocycles. The molecule has 3 radical (unpaired) electrons. The molecule has 7 rings (SSSR count). The summed E-state index contributed by atoms with van der Waals surface area (Å²) in [5.74, 6) is -2.45. The van der Waals surface area contributed by atoms with Crippen molar-refractivity contribution in [1.29, 1.82) is 0 Å². The Bertz CT molecular complexity index is 1950. The van der Waals surface area contributed by atoms with Crippen molar-refractivity contribution in [2.75, 3.05) is 7.11 Å². The largest absolute Gasteiger partial charge is 0.481 e. The SMILES string of the molecule is C.CC(C(=O)O)c1ccc2c(c1)C(C)(C)C[B]2.CC(C(=O)OC1CCCCC1)c1ccc2c(c1)C(C)(C)C[B]2.CC1(C)C[B]c2ccc(CC(=O)O)cc21.COC(C)=O.[Ar]. The first kappa shape index (κ1) is 53.1. The van der Waals surface area contributed by atoms with E-state index in [0.717, 1.165) is 48.5 Å². The number of hydrogen-bond donors (Lipinski definition) is 2. The average molecular weight is 843 g/mol. The summed E-state index contributed by atoms with van der Waals surface area (Å²) >= 11 is 0. The number of methoxy groups -OCH3 is 1. The second-order valence-corrected chi connectivity index (χ2v) is 18.2. The summed E-state index contributed by atoms with van der Waals surface area (Å²) in [5.41, 5.74) is 11.1. The van der Waals surface area contributed by atoms with E-state index in [1.807, 2.05) is 37.3 Å². The fourth-order valence-electron chi connectivity index (χ4n) is 8.02. The van der Waals surface area contributed by atoms with E-state index in [4.69, 9.17) is 14.9 Å². The number of aliphatic carboxylic acids is 2. The number of fused-ring (bicyclic) bond motifs is 3. The first-order valence-electron chi connectivity index (χ1n) is 20.8. The van der Waals surface area contributed by atoms with Crippen LogP contribution in [0.2, 0.25) is 19.0 Å². The van der Waals surface area contributed by atoms with Gasteiger partial charge in [0.2, 0.25) is 0 Å². The van der Waals surface area contributed by atoms with E-state index in [-0.39, 0.29) is 91.8 Å². The van der Waals surface area contributed by atoms with Gasteiger partial charge in [-0.25, -0.2) is 0 Å². The summed E-state index contributed by atoms with van der Waals surface area (Å²) in [6, 6.07) is 18.4. The molecular formula is C48H66ArB3O8. The number of esters is 2. The Morgan fingerprint density at radius 3 is 1.48 bits per heavy atom. The quantitative estimate of drug-likeness (QED) is 0.183. The number of ether oxygens (including phenoxy) is 2. The molecule has 1 saturated carbocycles. The van der Waals surface area contributed by atoms with Crippen molar-refractivity contribution in [2.24, 2.45) is 0 Å². The molecule has 1 aliphatic carbocycles. The van der Waals surface area contributed by atoms with Gasteiger partial charge in [-0.05, 0) is 89.2 Å². The molecule has 0 aromatic heterocycles. The van der Waals surface area contributed by atoms with Crippen LogP contribution in [-0.4, -0.2) is 69.1 Å². The number of carbonyl (C=O) groups is 4. The summed E-state index contributed by atoms with van der Waals surface area (Å²) in [6.45, 7) is 18.4. The van der Waals surface area contributed by atoms with Gasteiger partial charge >= 0.3 is 23.9 Å². The monoisotopic (exact) mass is 843 g/mol. The molecule has 0 spiro atoms. The fourth-order valence-corrected chi connectivity index (χ4v) is 8.02. The number of carboxylic acids is 2. The number of carbonyl (C=O) groups excluding carboxylic acids is 2. The molecule has 0 amide bonds. The predicted molar refractivity (Wildman–Crippen MR) is 242 cm³/mol. The molecule has 0 saturated heterocycles. The molecule has 323 valence electrons. The third-order valence-electron chi connectivity index (χ3n) is 12.2. The molecule has 1 fully saturated rings. The molecule has 0 bridgehead atoms. The van der Waals surface area contributed by atoms with Crippen LogP contribution in [0.1, 0.15) is 147 Å². The first-order chi connectivity index (χ1) is 27.1. The summed E-state index contributed by atoms with van der Waals surface area (Å²) in [4.78, 5) is 43.6. The molecular weight excluding hydrogens is 777 g/mol. The molecule has 2 N–H and O–H groups in total. The van der Waals surface area contributed by atoms with Gasteiger partial charge in [0.1, 0.15) is 6.10 Å². The maximum Gasteiger partial charge on any atom is 0.313 e. The maximum atomic E-state index is 12.4. The van der Waals surface area contributed by atoms with Crippen LogP contribution < -0.4 is 16.4 Å². The van der Waals surface area contributed by atoms with Crippen LogP contribution in [0.15, 0.2) is 54.6 Å². The molecule has 60 heavy (non-hydrogen) atoms.